The van der Waals surface area contributed by atoms with E-state index in [0.717, 1.165) is 16.4 Å². The zero-order chi connectivity index (χ0) is 22.4. The van der Waals surface area contributed by atoms with Crippen LogP contribution >= 0.6 is 11.8 Å². The summed E-state index contributed by atoms with van der Waals surface area (Å²) in [6.07, 6.45) is 3.68. The molecule has 2 aromatic carbocycles. The molecule has 0 fully saturated rings. The van der Waals surface area contributed by atoms with E-state index in [2.05, 4.69) is 43.1 Å². The summed E-state index contributed by atoms with van der Waals surface area (Å²) in [6.45, 7) is 4.79. The lowest BCUT2D eigenvalue weighted by Crippen LogP contribution is -2.28. The van der Waals surface area contributed by atoms with Crippen LogP contribution in [0.5, 0.6) is 11.5 Å². The highest BCUT2D eigenvalue weighted by Gasteiger charge is 2.16. The smallest absolute Gasteiger partial charge is 0.233 e. The Morgan fingerprint density at radius 1 is 1.13 bits per heavy atom. The van der Waals surface area contributed by atoms with Crippen LogP contribution in [0.4, 0.5) is 0 Å². The van der Waals surface area contributed by atoms with Gasteiger partial charge in [0.05, 0.1) is 20.0 Å². The molecule has 0 N–H and O–H groups in total. The summed E-state index contributed by atoms with van der Waals surface area (Å²) >= 11 is 1.43. The molecular weight excluding hydrogens is 410 g/mol. The number of methoxy groups -OCH3 is 2. The van der Waals surface area contributed by atoms with E-state index in [1.165, 1.54) is 17.3 Å². The zero-order valence-corrected chi connectivity index (χ0v) is 19.5. The molecule has 3 aromatic rings. The minimum atomic E-state index is 0.0135. The van der Waals surface area contributed by atoms with Gasteiger partial charge < -0.3 is 14.4 Å². The number of imidazole rings is 1. The fourth-order valence-corrected chi connectivity index (χ4v) is 4.18. The lowest BCUT2D eigenvalue weighted by Gasteiger charge is -2.20. The summed E-state index contributed by atoms with van der Waals surface area (Å²) in [4.78, 5) is 18.9. The molecule has 1 heterocycles. The maximum atomic E-state index is 12.8. The van der Waals surface area contributed by atoms with Crippen molar-refractivity contribution in [2.45, 2.75) is 31.5 Å². The number of ether oxygens (including phenoxy) is 2. The van der Waals surface area contributed by atoms with E-state index in [0.29, 0.717) is 29.7 Å². The molecule has 0 bridgehead atoms. The van der Waals surface area contributed by atoms with Crippen LogP contribution in [0.3, 0.4) is 0 Å². The van der Waals surface area contributed by atoms with Crippen molar-refractivity contribution in [2.75, 3.05) is 27.0 Å². The van der Waals surface area contributed by atoms with E-state index in [9.17, 15) is 4.79 Å². The molecular formula is C24H29N3O3S. The Bertz CT molecular complexity index is 1020. The van der Waals surface area contributed by atoms with Crippen molar-refractivity contribution in [1.29, 1.82) is 0 Å². The summed E-state index contributed by atoms with van der Waals surface area (Å²) in [5.41, 5.74) is 3.23. The fourth-order valence-electron chi connectivity index (χ4n) is 3.27. The predicted molar refractivity (Wildman–Crippen MR) is 124 cm³/mol. The molecule has 0 saturated carbocycles. The maximum absolute atomic E-state index is 12.8. The van der Waals surface area contributed by atoms with Crippen LogP contribution in [0.15, 0.2) is 60.0 Å². The molecule has 7 heteroatoms. The maximum Gasteiger partial charge on any atom is 0.233 e. The zero-order valence-electron chi connectivity index (χ0n) is 18.7. The molecule has 0 atom stereocenters. The topological polar surface area (TPSA) is 56.6 Å². The Labute approximate surface area is 188 Å². The number of benzene rings is 2. The number of rotatable bonds is 9. The van der Waals surface area contributed by atoms with E-state index in [-0.39, 0.29) is 5.91 Å². The monoisotopic (exact) mass is 439 g/mol. The van der Waals surface area contributed by atoms with Gasteiger partial charge in [-0.1, -0.05) is 49.9 Å². The number of hydrogen-bond acceptors (Lipinski definition) is 5. The molecule has 0 unspecified atom stereocenters. The number of thioether (sulfide) groups is 1. The molecule has 1 aromatic heterocycles. The van der Waals surface area contributed by atoms with Crippen LogP contribution in [-0.2, 0) is 11.3 Å². The van der Waals surface area contributed by atoms with Crippen LogP contribution in [-0.4, -0.2) is 47.4 Å². The van der Waals surface area contributed by atoms with Gasteiger partial charge in [0, 0.05) is 37.2 Å². The van der Waals surface area contributed by atoms with Gasteiger partial charge in [0.25, 0.3) is 0 Å². The highest BCUT2D eigenvalue weighted by atomic mass is 32.2. The van der Waals surface area contributed by atoms with Crippen LogP contribution in [0, 0.1) is 0 Å². The summed E-state index contributed by atoms with van der Waals surface area (Å²) in [7, 11) is 5.00. The Hall–Kier alpha value is -2.93. The number of carbonyl (C=O) groups excluding carboxylic acids is 1. The average molecular weight is 440 g/mol. The standard InChI is InChI=1S/C24H29N3O3S/c1-17(2)18-9-11-20(12-10-18)27-14-13-25-24(27)31-16-22(28)26(3)15-19-7-6-8-21(29-4)23(19)30-5/h6-14,17H,15-16H2,1-5H3. The van der Waals surface area contributed by atoms with E-state index < -0.39 is 0 Å². The molecule has 0 saturated heterocycles. The number of para-hydroxylation sites is 1. The summed E-state index contributed by atoms with van der Waals surface area (Å²) in [6, 6.07) is 14.1. The first-order chi connectivity index (χ1) is 14.9. The van der Waals surface area contributed by atoms with E-state index in [1.54, 1.807) is 32.4 Å². The van der Waals surface area contributed by atoms with Crippen molar-refractivity contribution in [3.05, 3.63) is 66.0 Å². The van der Waals surface area contributed by atoms with Crippen LogP contribution in [0.1, 0.15) is 30.9 Å². The molecule has 3 rings (SSSR count). The SMILES string of the molecule is COc1cccc(CN(C)C(=O)CSc2nccn2-c2ccc(C(C)C)cc2)c1OC. The lowest BCUT2D eigenvalue weighted by molar-refractivity contribution is -0.127. The minimum absolute atomic E-state index is 0.0135. The van der Waals surface area contributed by atoms with Crippen molar-refractivity contribution < 1.29 is 14.3 Å². The highest BCUT2D eigenvalue weighted by molar-refractivity contribution is 7.99. The normalized spacial score (nSPS) is 10.9. The van der Waals surface area contributed by atoms with E-state index in [4.69, 9.17) is 9.47 Å². The Balaban J connectivity index is 1.65. The van der Waals surface area contributed by atoms with Gasteiger partial charge in [-0.05, 0) is 29.7 Å². The van der Waals surface area contributed by atoms with Gasteiger partial charge in [0.2, 0.25) is 5.91 Å². The van der Waals surface area contributed by atoms with Crippen LogP contribution in [0.25, 0.3) is 5.69 Å². The molecule has 0 radical (unpaired) electrons. The summed E-state index contributed by atoms with van der Waals surface area (Å²) in [5.74, 6) is 2.10. The van der Waals surface area contributed by atoms with Crippen LogP contribution < -0.4 is 9.47 Å². The molecule has 1 amide bonds. The van der Waals surface area contributed by atoms with Crippen molar-refractivity contribution in [2.24, 2.45) is 0 Å². The predicted octanol–water partition coefficient (Wildman–Crippen LogP) is 4.76. The average Bonchev–Trinajstić information content (AvgIpc) is 3.25. The van der Waals surface area contributed by atoms with Crippen LogP contribution in [0.2, 0.25) is 0 Å². The second-order valence-electron chi connectivity index (χ2n) is 7.52. The molecule has 31 heavy (non-hydrogen) atoms. The van der Waals surface area contributed by atoms with Gasteiger partial charge in [-0.2, -0.15) is 0 Å². The number of hydrogen-bond donors (Lipinski definition) is 0. The van der Waals surface area contributed by atoms with Crippen molar-refractivity contribution in [3.8, 4) is 17.2 Å². The molecule has 0 spiro atoms. The minimum Gasteiger partial charge on any atom is -0.493 e. The molecule has 0 aliphatic heterocycles. The molecule has 0 aliphatic rings. The second-order valence-corrected chi connectivity index (χ2v) is 8.46. The first kappa shape index (κ1) is 22.7. The third-order valence-electron chi connectivity index (χ3n) is 5.09. The first-order valence-electron chi connectivity index (χ1n) is 10.1. The van der Waals surface area contributed by atoms with Gasteiger partial charge in [0.1, 0.15) is 0 Å². The first-order valence-corrected chi connectivity index (χ1v) is 11.1. The van der Waals surface area contributed by atoms with Gasteiger partial charge >= 0.3 is 0 Å². The Kier molecular flexibility index (Phi) is 7.63. The van der Waals surface area contributed by atoms with Crippen molar-refractivity contribution >= 4 is 17.7 Å². The van der Waals surface area contributed by atoms with Gasteiger partial charge in [-0.3, -0.25) is 9.36 Å². The van der Waals surface area contributed by atoms with E-state index in [1.807, 2.05) is 29.0 Å². The number of nitrogens with zero attached hydrogens (tertiary/aromatic N) is 3. The Morgan fingerprint density at radius 3 is 2.52 bits per heavy atom. The van der Waals surface area contributed by atoms with E-state index >= 15 is 0 Å². The van der Waals surface area contributed by atoms with Gasteiger partial charge in [0.15, 0.2) is 16.7 Å². The largest absolute Gasteiger partial charge is 0.493 e. The summed E-state index contributed by atoms with van der Waals surface area (Å²) in [5, 5.41) is 0.790. The molecule has 0 aliphatic carbocycles. The third kappa shape index (κ3) is 5.41. The Morgan fingerprint density at radius 2 is 1.87 bits per heavy atom. The lowest BCUT2D eigenvalue weighted by atomic mass is 10.0. The number of amides is 1. The van der Waals surface area contributed by atoms with Crippen molar-refractivity contribution in [1.82, 2.24) is 14.5 Å². The number of aromatic nitrogens is 2. The quantitative estimate of drug-likeness (QED) is 0.450. The third-order valence-corrected chi connectivity index (χ3v) is 6.04. The summed E-state index contributed by atoms with van der Waals surface area (Å²) < 4.78 is 12.8. The highest BCUT2D eigenvalue weighted by Crippen LogP contribution is 2.31. The van der Waals surface area contributed by atoms with Gasteiger partial charge in [-0.25, -0.2) is 4.98 Å². The molecule has 6 nitrogen and oxygen atoms in total. The van der Waals surface area contributed by atoms with Crippen molar-refractivity contribution in [3.63, 3.8) is 0 Å². The second kappa shape index (κ2) is 10.4. The van der Waals surface area contributed by atoms with Gasteiger partial charge in [-0.15, -0.1) is 0 Å². The fraction of sp³-hybridized carbons (Fsp3) is 0.333. The number of carbonyl (C=O) groups is 1. The molecule has 164 valence electrons.